The van der Waals surface area contributed by atoms with Crippen LogP contribution in [0, 0.1) is 13.8 Å². The normalized spacial score (nSPS) is 16.0. The summed E-state index contributed by atoms with van der Waals surface area (Å²) in [5.74, 6) is -1.33. The van der Waals surface area contributed by atoms with Crippen molar-refractivity contribution in [2.45, 2.75) is 13.8 Å². The van der Waals surface area contributed by atoms with E-state index in [9.17, 15) is 14.4 Å². The van der Waals surface area contributed by atoms with E-state index in [1.54, 1.807) is 18.2 Å². The van der Waals surface area contributed by atoms with Gasteiger partial charge in [0, 0.05) is 0 Å². The van der Waals surface area contributed by atoms with Gasteiger partial charge in [0.05, 0.1) is 5.69 Å². The number of benzene rings is 3. The average Bonchev–Trinajstić information content (AvgIpc) is 2.68. The lowest BCUT2D eigenvalue weighted by Crippen LogP contribution is -2.54. The van der Waals surface area contributed by atoms with Gasteiger partial charge in [0.15, 0.2) is 0 Å². The Morgan fingerprint density at radius 1 is 0.857 bits per heavy atom. The van der Waals surface area contributed by atoms with Gasteiger partial charge in [-0.3, -0.25) is 14.9 Å². The number of anilines is 1. The molecular formula is C23H18N2O3. The molecule has 1 N–H and O–H groups in total. The zero-order valence-corrected chi connectivity index (χ0v) is 15.5. The molecule has 0 saturated carbocycles. The topological polar surface area (TPSA) is 66.5 Å². The number of hydrogen-bond donors (Lipinski definition) is 1. The molecule has 0 atom stereocenters. The standard InChI is InChI=1S/C23H18N2O3/c1-14-10-11-18(12-15(14)2)25-22(27)20(21(26)24-23(25)28)13-17-8-5-7-16-6-3-4-9-19(16)17/h3-13H,1-2H3,(H,24,26,28). The van der Waals surface area contributed by atoms with Crippen LogP contribution in [0.1, 0.15) is 16.7 Å². The maximum atomic E-state index is 13.1. The highest BCUT2D eigenvalue weighted by molar-refractivity contribution is 6.39. The van der Waals surface area contributed by atoms with Crippen LogP contribution >= 0.6 is 0 Å². The fourth-order valence-corrected chi connectivity index (χ4v) is 3.29. The Morgan fingerprint density at radius 2 is 1.61 bits per heavy atom. The van der Waals surface area contributed by atoms with Gasteiger partial charge in [0.2, 0.25) is 0 Å². The molecule has 0 aromatic heterocycles. The van der Waals surface area contributed by atoms with Gasteiger partial charge in [0.25, 0.3) is 11.8 Å². The molecule has 138 valence electrons. The third-order valence-corrected chi connectivity index (χ3v) is 4.97. The fourth-order valence-electron chi connectivity index (χ4n) is 3.29. The van der Waals surface area contributed by atoms with E-state index in [0.717, 1.165) is 32.4 Å². The molecule has 3 aromatic carbocycles. The Labute approximate surface area is 162 Å². The number of carbonyl (C=O) groups excluding carboxylic acids is 3. The number of fused-ring (bicyclic) bond motifs is 1. The Morgan fingerprint density at radius 3 is 2.39 bits per heavy atom. The minimum atomic E-state index is -0.742. The smallest absolute Gasteiger partial charge is 0.273 e. The number of urea groups is 1. The molecule has 0 aliphatic carbocycles. The van der Waals surface area contributed by atoms with Crippen LogP contribution in [0.4, 0.5) is 10.5 Å². The summed E-state index contributed by atoms with van der Waals surface area (Å²) >= 11 is 0. The van der Waals surface area contributed by atoms with Crippen molar-refractivity contribution in [1.82, 2.24) is 5.32 Å². The van der Waals surface area contributed by atoms with Gasteiger partial charge >= 0.3 is 6.03 Å². The van der Waals surface area contributed by atoms with E-state index < -0.39 is 17.8 Å². The summed E-state index contributed by atoms with van der Waals surface area (Å²) in [7, 11) is 0. The lowest BCUT2D eigenvalue weighted by Gasteiger charge is -2.27. The molecule has 4 rings (SSSR count). The molecular weight excluding hydrogens is 352 g/mol. The zero-order chi connectivity index (χ0) is 19.8. The van der Waals surface area contributed by atoms with Crippen molar-refractivity contribution in [3.05, 3.63) is 82.9 Å². The monoisotopic (exact) mass is 370 g/mol. The summed E-state index contributed by atoms with van der Waals surface area (Å²) in [5.41, 5.74) is 3.10. The molecule has 3 aromatic rings. The second kappa shape index (κ2) is 6.78. The minimum Gasteiger partial charge on any atom is -0.273 e. The lowest BCUT2D eigenvalue weighted by atomic mass is 10.0. The lowest BCUT2D eigenvalue weighted by molar-refractivity contribution is -0.122. The highest BCUT2D eigenvalue weighted by Crippen LogP contribution is 2.26. The van der Waals surface area contributed by atoms with Crippen molar-refractivity contribution >= 4 is 40.4 Å². The predicted molar refractivity (Wildman–Crippen MR) is 109 cm³/mol. The first-order valence-corrected chi connectivity index (χ1v) is 8.92. The Hall–Kier alpha value is -3.73. The molecule has 0 bridgehead atoms. The SMILES string of the molecule is Cc1ccc(N2C(=O)NC(=O)C(=Cc3cccc4ccccc34)C2=O)cc1C. The quantitative estimate of drug-likeness (QED) is 0.545. The van der Waals surface area contributed by atoms with Gasteiger partial charge in [-0.25, -0.2) is 9.69 Å². The summed E-state index contributed by atoms with van der Waals surface area (Å²) in [6, 6.07) is 18.0. The molecule has 1 saturated heterocycles. The van der Waals surface area contributed by atoms with E-state index in [1.165, 1.54) is 0 Å². The van der Waals surface area contributed by atoms with E-state index in [2.05, 4.69) is 5.32 Å². The largest absolute Gasteiger partial charge is 0.335 e. The predicted octanol–water partition coefficient (Wildman–Crippen LogP) is 4.12. The van der Waals surface area contributed by atoms with E-state index in [0.29, 0.717) is 5.69 Å². The van der Waals surface area contributed by atoms with Crippen LogP contribution in [0.25, 0.3) is 16.8 Å². The average molecular weight is 370 g/mol. The van der Waals surface area contributed by atoms with Crippen LogP contribution in [-0.4, -0.2) is 17.8 Å². The minimum absolute atomic E-state index is 0.0748. The van der Waals surface area contributed by atoms with Crippen molar-refractivity contribution in [2.24, 2.45) is 0 Å². The number of amides is 4. The van der Waals surface area contributed by atoms with Gasteiger partial charge in [-0.2, -0.15) is 0 Å². The Bertz CT molecular complexity index is 1170. The summed E-state index contributed by atoms with van der Waals surface area (Å²) < 4.78 is 0. The first-order chi connectivity index (χ1) is 13.5. The number of hydrogen-bond acceptors (Lipinski definition) is 3. The first-order valence-electron chi connectivity index (χ1n) is 8.92. The number of nitrogens with zero attached hydrogens (tertiary/aromatic N) is 1. The van der Waals surface area contributed by atoms with Crippen LogP contribution < -0.4 is 10.2 Å². The number of aryl methyl sites for hydroxylation is 2. The van der Waals surface area contributed by atoms with Gasteiger partial charge in [-0.1, -0.05) is 48.5 Å². The highest BCUT2D eigenvalue weighted by Gasteiger charge is 2.36. The number of carbonyl (C=O) groups is 3. The number of imide groups is 2. The van der Waals surface area contributed by atoms with Crippen LogP contribution in [0.2, 0.25) is 0 Å². The summed E-state index contributed by atoms with van der Waals surface area (Å²) in [6.45, 7) is 3.86. The van der Waals surface area contributed by atoms with Crippen molar-refractivity contribution in [3.8, 4) is 0 Å². The molecule has 0 unspecified atom stereocenters. The molecule has 1 fully saturated rings. The number of nitrogens with one attached hydrogen (secondary N) is 1. The van der Waals surface area contributed by atoms with E-state index in [-0.39, 0.29) is 5.57 Å². The first kappa shape index (κ1) is 17.7. The number of rotatable bonds is 2. The molecule has 5 nitrogen and oxygen atoms in total. The van der Waals surface area contributed by atoms with Crippen molar-refractivity contribution in [2.75, 3.05) is 4.90 Å². The molecule has 4 amide bonds. The van der Waals surface area contributed by atoms with E-state index in [4.69, 9.17) is 0 Å². The molecule has 0 spiro atoms. The summed E-state index contributed by atoms with van der Waals surface area (Å²) in [5, 5.41) is 4.20. The van der Waals surface area contributed by atoms with Crippen molar-refractivity contribution in [1.29, 1.82) is 0 Å². The van der Waals surface area contributed by atoms with Gasteiger partial charge in [-0.05, 0) is 59.5 Å². The van der Waals surface area contributed by atoms with Gasteiger partial charge < -0.3 is 0 Å². The highest BCUT2D eigenvalue weighted by atomic mass is 16.2. The molecule has 1 aliphatic heterocycles. The van der Waals surface area contributed by atoms with Crippen LogP contribution in [0.15, 0.2) is 66.2 Å². The summed E-state index contributed by atoms with van der Waals surface area (Å²) in [6.07, 6.45) is 1.54. The second-order valence-corrected chi connectivity index (χ2v) is 6.79. The van der Waals surface area contributed by atoms with Crippen LogP contribution in [-0.2, 0) is 9.59 Å². The molecule has 5 heteroatoms. The maximum absolute atomic E-state index is 13.1. The Kier molecular flexibility index (Phi) is 4.28. The third kappa shape index (κ3) is 2.97. The fraction of sp³-hybridized carbons (Fsp3) is 0.0870. The molecule has 1 aliphatic rings. The molecule has 0 radical (unpaired) electrons. The summed E-state index contributed by atoms with van der Waals surface area (Å²) in [4.78, 5) is 38.8. The van der Waals surface area contributed by atoms with Gasteiger partial charge in [0.1, 0.15) is 5.57 Å². The zero-order valence-electron chi connectivity index (χ0n) is 15.5. The molecule has 1 heterocycles. The van der Waals surface area contributed by atoms with E-state index >= 15 is 0 Å². The third-order valence-electron chi connectivity index (χ3n) is 4.97. The number of barbiturate groups is 1. The molecule has 28 heavy (non-hydrogen) atoms. The van der Waals surface area contributed by atoms with E-state index in [1.807, 2.05) is 62.4 Å². The van der Waals surface area contributed by atoms with Crippen molar-refractivity contribution in [3.63, 3.8) is 0 Å². The Balaban J connectivity index is 1.81. The second-order valence-electron chi connectivity index (χ2n) is 6.79. The van der Waals surface area contributed by atoms with Gasteiger partial charge in [-0.15, -0.1) is 0 Å². The van der Waals surface area contributed by atoms with Crippen LogP contribution in [0.5, 0.6) is 0 Å². The maximum Gasteiger partial charge on any atom is 0.335 e. The van der Waals surface area contributed by atoms with Crippen molar-refractivity contribution < 1.29 is 14.4 Å². The van der Waals surface area contributed by atoms with Crippen LogP contribution in [0.3, 0.4) is 0 Å².